The lowest BCUT2D eigenvalue weighted by Gasteiger charge is -2.23. The van der Waals surface area contributed by atoms with E-state index in [0.29, 0.717) is 36.7 Å². The van der Waals surface area contributed by atoms with Crippen LogP contribution in [0.15, 0.2) is 59.2 Å². The molecule has 0 aliphatic carbocycles. The van der Waals surface area contributed by atoms with E-state index in [2.05, 4.69) is 0 Å². The zero-order valence-corrected chi connectivity index (χ0v) is 15.4. The summed E-state index contributed by atoms with van der Waals surface area (Å²) in [4.78, 5) is 2.01. The summed E-state index contributed by atoms with van der Waals surface area (Å²) in [6.45, 7) is -1.65. The van der Waals surface area contributed by atoms with Crippen LogP contribution in [0.2, 0.25) is 0 Å². The summed E-state index contributed by atoms with van der Waals surface area (Å²) >= 11 is 0. The number of hydrogen-bond acceptors (Lipinski definition) is 6. The van der Waals surface area contributed by atoms with E-state index in [4.69, 9.17) is 18.6 Å². The van der Waals surface area contributed by atoms with Crippen LogP contribution in [0.3, 0.4) is 0 Å². The summed E-state index contributed by atoms with van der Waals surface area (Å²) in [6.07, 6.45) is 1.58. The third-order valence-electron chi connectivity index (χ3n) is 4.47. The Morgan fingerprint density at radius 2 is 1.76 bits per heavy atom. The van der Waals surface area contributed by atoms with E-state index < -0.39 is 6.61 Å². The second kappa shape index (κ2) is 8.40. The average Bonchev–Trinajstić information content (AvgIpc) is 3.35. The first kappa shape index (κ1) is 19.1. The highest BCUT2D eigenvalue weighted by atomic mass is 19.3. The van der Waals surface area contributed by atoms with Gasteiger partial charge in [-0.1, -0.05) is 12.1 Å². The van der Waals surface area contributed by atoms with Crippen molar-refractivity contribution in [2.45, 2.75) is 26.2 Å². The van der Waals surface area contributed by atoms with E-state index in [1.807, 2.05) is 11.0 Å². The Labute approximate surface area is 165 Å². The highest BCUT2D eigenvalue weighted by Crippen LogP contribution is 2.39. The first-order valence-electron chi connectivity index (χ1n) is 8.97. The van der Waals surface area contributed by atoms with Gasteiger partial charge in [-0.05, 0) is 35.9 Å². The van der Waals surface area contributed by atoms with E-state index in [1.54, 1.807) is 42.7 Å². The van der Waals surface area contributed by atoms with Crippen LogP contribution >= 0.6 is 0 Å². The lowest BCUT2D eigenvalue weighted by atomic mass is 10.1. The Morgan fingerprint density at radius 3 is 2.45 bits per heavy atom. The van der Waals surface area contributed by atoms with Gasteiger partial charge in [-0.25, -0.2) is 0 Å². The minimum atomic E-state index is -2.95. The fraction of sp³-hybridized carbons (Fsp3) is 0.238. The van der Waals surface area contributed by atoms with E-state index >= 15 is 0 Å². The Bertz CT molecular complexity index is 944. The summed E-state index contributed by atoms with van der Waals surface area (Å²) in [6, 6.07) is 13.5. The van der Waals surface area contributed by atoms with Gasteiger partial charge in [0.05, 0.1) is 12.8 Å². The Morgan fingerprint density at radius 1 is 1.00 bits per heavy atom. The maximum Gasteiger partial charge on any atom is 0.387 e. The van der Waals surface area contributed by atoms with Crippen molar-refractivity contribution in [3.8, 4) is 23.0 Å². The Hall–Kier alpha value is -3.26. The lowest BCUT2D eigenvalue weighted by Crippen LogP contribution is -2.23. The molecule has 0 amide bonds. The number of halogens is 2. The van der Waals surface area contributed by atoms with E-state index in [9.17, 15) is 13.9 Å². The third-order valence-corrected chi connectivity index (χ3v) is 4.47. The van der Waals surface area contributed by atoms with Crippen LogP contribution in [-0.4, -0.2) is 23.4 Å². The van der Waals surface area contributed by atoms with Gasteiger partial charge >= 0.3 is 6.61 Å². The standard InChI is InChI=1S/C21H19F2NO5/c22-21(23)29-18-9-20-19(27-13-28-20)8-15(18)11-24(12-17-2-1-7-26-17)10-14-3-5-16(25)6-4-14/h1-9,21,25H,10-13H2. The van der Waals surface area contributed by atoms with Crippen molar-refractivity contribution in [3.63, 3.8) is 0 Å². The van der Waals surface area contributed by atoms with Gasteiger partial charge in [0.15, 0.2) is 11.5 Å². The van der Waals surface area contributed by atoms with Crippen LogP contribution in [0.25, 0.3) is 0 Å². The monoisotopic (exact) mass is 403 g/mol. The molecule has 2 aromatic carbocycles. The molecule has 3 aromatic rings. The van der Waals surface area contributed by atoms with Gasteiger partial charge in [-0.2, -0.15) is 8.78 Å². The molecule has 0 unspecified atom stereocenters. The van der Waals surface area contributed by atoms with E-state index in [0.717, 1.165) is 11.3 Å². The fourth-order valence-electron chi connectivity index (χ4n) is 3.19. The lowest BCUT2D eigenvalue weighted by molar-refractivity contribution is -0.0509. The predicted molar refractivity (Wildman–Crippen MR) is 99.0 cm³/mol. The zero-order chi connectivity index (χ0) is 20.2. The van der Waals surface area contributed by atoms with Crippen molar-refractivity contribution in [1.29, 1.82) is 0 Å². The molecule has 0 fully saturated rings. The number of phenols is 1. The molecule has 1 N–H and O–H groups in total. The number of fused-ring (bicyclic) bond motifs is 1. The number of benzene rings is 2. The maximum atomic E-state index is 12.9. The van der Waals surface area contributed by atoms with Gasteiger partial charge in [0, 0.05) is 24.7 Å². The van der Waals surface area contributed by atoms with Crippen LogP contribution in [0.4, 0.5) is 8.78 Å². The number of aromatic hydroxyl groups is 1. The molecule has 1 aromatic heterocycles. The summed E-state index contributed by atoms with van der Waals surface area (Å²) in [5, 5.41) is 9.50. The van der Waals surface area contributed by atoms with E-state index in [1.165, 1.54) is 6.07 Å². The van der Waals surface area contributed by atoms with Gasteiger partial charge in [0.25, 0.3) is 0 Å². The highest BCUT2D eigenvalue weighted by molar-refractivity contribution is 5.52. The fourth-order valence-corrected chi connectivity index (χ4v) is 3.19. The molecular weight excluding hydrogens is 384 g/mol. The van der Waals surface area contributed by atoms with Crippen molar-refractivity contribution in [3.05, 3.63) is 71.7 Å². The number of furan rings is 1. The van der Waals surface area contributed by atoms with Crippen LogP contribution in [0.1, 0.15) is 16.9 Å². The van der Waals surface area contributed by atoms with Crippen molar-refractivity contribution in [1.82, 2.24) is 4.90 Å². The zero-order valence-electron chi connectivity index (χ0n) is 15.4. The van der Waals surface area contributed by atoms with E-state index in [-0.39, 0.29) is 18.3 Å². The van der Waals surface area contributed by atoms with Crippen molar-refractivity contribution < 1.29 is 32.5 Å². The van der Waals surface area contributed by atoms with Crippen LogP contribution in [0, 0.1) is 0 Å². The smallest absolute Gasteiger partial charge is 0.387 e. The van der Waals surface area contributed by atoms with Crippen molar-refractivity contribution >= 4 is 0 Å². The molecule has 0 spiro atoms. The van der Waals surface area contributed by atoms with Gasteiger partial charge in [-0.15, -0.1) is 0 Å². The third kappa shape index (κ3) is 4.78. The Kier molecular flexibility index (Phi) is 5.53. The second-order valence-corrected chi connectivity index (χ2v) is 6.58. The van der Waals surface area contributed by atoms with Crippen LogP contribution < -0.4 is 14.2 Å². The average molecular weight is 403 g/mol. The number of ether oxygens (including phenoxy) is 3. The number of nitrogens with zero attached hydrogens (tertiary/aromatic N) is 1. The van der Waals surface area contributed by atoms with Gasteiger partial charge < -0.3 is 23.7 Å². The summed E-state index contributed by atoms with van der Waals surface area (Å²) < 4.78 is 46.7. The summed E-state index contributed by atoms with van der Waals surface area (Å²) in [5.74, 6) is 1.82. The maximum absolute atomic E-state index is 12.9. The first-order chi connectivity index (χ1) is 14.1. The minimum Gasteiger partial charge on any atom is -0.508 e. The summed E-state index contributed by atoms with van der Waals surface area (Å²) in [5.41, 5.74) is 1.49. The van der Waals surface area contributed by atoms with Gasteiger partial charge in [0.1, 0.15) is 17.3 Å². The molecule has 0 saturated heterocycles. The predicted octanol–water partition coefficient (Wildman–Crippen LogP) is 4.52. The van der Waals surface area contributed by atoms with Gasteiger partial charge in [-0.3, -0.25) is 4.90 Å². The second-order valence-electron chi connectivity index (χ2n) is 6.58. The summed E-state index contributed by atoms with van der Waals surface area (Å²) in [7, 11) is 0. The SMILES string of the molecule is Oc1ccc(CN(Cc2ccco2)Cc2cc3c(cc2OC(F)F)OCO3)cc1. The van der Waals surface area contributed by atoms with Crippen molar-refractivity contribution in [2.24, 2.45) is 0 Å². The molecular formula is C21H19F2NO5. The number of alkyl halides is 2. The quantitative estimate of drug-likeness (QED) is 0.597. The molecule has 0 atom stereocenters. The molecule has 8 heteroatoms. The number of phenolic OH excluding ortho intramolecular Hbond substituents is 1. The molecule has 1 aliphatic heterocycles. The van der Waals surface area contributed by atoms with Crippen molar-refractivity contribution in [2.75, 3.05) is 6.79 Å². The Balaban J connectivity index is 1.61. The largest absolute Gasteiger partial charge is 0.508 e. The number of hydrogen-bond donors (Lipinski definition) is 1. The molecule has 4 rings (SSSR count). The highest BCUT2D eigenvalue weighted by Gasteiger charge is 2.22. The van der Waals surface area contributed by atoms with Crippen LogP contribution in [0.5, 0.6) is 23.0 Å². The molecule has 0 bridgehead atoms. The molecule has 29 heavy (non-hydrogen) atoms. The normalized spacial score (nSPS) is 12.7. The topological polar surface area (TPSA) is 64.3 Å². The van der Waals surface area contributed by atoms with Gasteiger partial charge in [0.2, 0.25) is 6.79 Å². The molecule has 152 valence electrons. The molecule has 6 nitrogen and oxygen atoms in total. The molecule has 0 saturated carbocycles. The van der Waals surface area contributed by atoms with Crippen LogP contribution in [-0.2, 0) is 19.6 Å². The minimum absolute atomic E-state index is 0.0382. The number of rotatable bonds is 8. The first-order valence-corrected chi connectivity index (χ1v) is 8.97. The molecule has 2 heterocycles. The molecule has 0 radical (unpaired) electrons. The molecule has 1 aliphatic rings.